The molecule has 0 aromatic carbocycles. The lowest BCUT2D eigenvalue weighted by Crippen LogP contribution is -2.47. The molecule has 0 radical (unpaired) electrons. The lowest BCUT2D eigenvalue weighted by molar-refractivity contribution is -0.0590. The molecule has 2 aromatic rings. The van der Waals surface area contributed by atoms with E-state index in [0.29, 0.717) is 26.4 Å². The fraction of sp³-hybridized carbons (Fsp3) is 0.588. The number of aromatic nitrogens is 2. The normalized spacial score (nSPS) is 20.3. The molecule has 0 bridgehead atoms. The largest absolute Gasteiger partial charge is 0.467 e. The van der Waals surface area contributed by atoms with Gasteiger partial charge in [-0.2, -0.15) is 5.10 Å². The van der Waals surface area contributed by atoms with E-state index in [1.54, 1.807) is 6.26 Å². The number of hydrogen-bond donors (Lipinski definition) is 1. The minimum atomic E-state index is -0.523. The summed E-state index contributed by atoms with van der Waals surface area (Å²) in [6.07, 6.45) is 5.05. The molecule has 0 spiro atoms. The van der Waals surface area contributed by atoms with E-state index in [4.69, 9.17) is 13.9 Å². The van der Waals surface area contributed by atoms with Crippen LogP contribution in [0, 0.1) is 6.92 Å². The van der Waals surface area contributed by atoms with Crippen molar-refractivity contribution in [1.82, 2.24) is 14.7 Å². The molecule has 0 aliphatic carbocycles. The van der Waals surface area contributed by atoms with E-state index < -0.39 is 6.10 Å². The minimum absolute atomic E-state index is 0.0919. The standard InChI is InChI=1S/C17H25N3O4/c1-14-7-18-20(8-14)11-17-10-19(4-6-24-17)9-15(21)12-22-13-16-3-2-5-23-16/h2-3,5,7-8,15,17,21H,4,6,9-13H2,1H3/t15-,17+/m1/s1. The Balaban J connectivity index is 1.38. The third-order valence-electron chi connectivity index (χ3n) is 3.98. The van der Waals surface area contributed by atoms with Crippen molar-refractivity contribution in [1.29, 1.82) is 0 Å². The Morgan fingerprint density at radius 1 is 1.50 bits per heavy atom. The van der Waals surface area contributed by atoms with Gasteiger partial charge in [-0.15, -0.1) is 0 Å². The van der Waals surface area contributed by atoms with Gasteiger partial charge in [0.1, 0.15) is 12.4 Å². The molecule has 1 fully saturated rings. The first-order valence-electron chi connectivity index (χ1n) is 8.30. The Morgan fingerprint density at radius 3 is 3.17 bits per heavy atom. The van der Waals surface area contributed by atoms with E-state index in [2.05, 4.69) is 10.00 Å². The second-order valence-corrected chi connectivity index (χ2v) is 6.24. The zero-order chi connectivity index (χ0) is 16.8. The number of aryl methyl sites for hydroxylation is 1. The summed E-state index contributed by atoms with van der Waals surface area (Å²) in [6.45, 7) is 6.29. The monoisotopic (exact) mass is 335 g/mol. The molecular weight excluding hydrogens is 310 g/mol. The molecule has 3 heterocycles. The number of furan rings is 1. The van der Waals surface area contributed by atoms with Gasteiger partial charge in [0.05, 0.1) is 44.4 Å². The number of nitrogens with zero attached hydrogens (tertiary/aromatic N) is 3. The average molecular weight is 335 g/mol. The molecule has 1 N–H and O–H groups in total. The molecule has 1 aliphatic rings. The number of β-amino-alcohol motifs (C(OH)–C–C–N with tert-alkyl or cyclic N) is 1. The molecule has 3 rings (SSSR count). The van der Waals surface area contributed by atoms with Crippen LogP contribution >= 0.6 is 0 Å². The molecule has 1 aliphatic heterocycles. The third-order valence-corrected chi connectivity index (χ3v) is 3.98. The summed E-state index contributed by atoms with van der Waals surface area (Å²) >= 11 is 0. The predicted molar refractivity (Wildman–Crippen MR) is 87.5 cm³/mol. The highest BCUT2D eigenvalue weighted by molar-refractivity contribution is 4.99. The van der Waals surface area contributed by atoms with Gasteiger partial charge in [0.15, 0.2) is 0 Å². The molecule has 2 aromatic heterocycles. The zero-order valence-corrected chi connectivity index (χ0v) is 14.0. The van der Waals surface area contributed by atoms with Crippen LogP contribution in [-0.2, 0) is 22.6 Å². The van der Waals surface area contributed by atoms with Crippen LogP contribution < -0.4 is 0 Å². The van der Waals surface area contributed by atoms with E-state index in [1.807, 2.05) is 36.1 Å². The van der Waals surface area contributed by atoms with Gasteiger partial charge in [0.25, 0.3) is 0 Å². The van der Waals surface area contributed by atoms with Gasteiger partial charge in [0, 0.05) is 25.8 Å². The summed E-state index contributed by atoms with van der Waals surface area (Å²) in [4.78, 5) is 2.21. The Morgan fingerprint density at radius 2 is 2.42 bits per heavy atom. The Hall–Kier alpha value is -1.67. The summed E-state index contributed by atoms with van der Waals surface area (Å²) in [5.74, 6) is 0.767. The number of morpholine rings is 1. The van der Waals surface area contributed by atoms with E-state index >= 15 is 0 Å². The first-order chi connectivity index (χ1) is 11.7. The number of aliphatic hydroxyl groups excluding tert-OH is 1. The van der Waals surface area contributed by atoms with Crippen LogP contribution in [0.5, 0.6) is 0 Å². The third kappa shape index (κ3) is 5.17. The highest BCUT2D eigenvalue weighted by Crippen LogP contribution is 2.09. The average Bonchev–Trinajstić information content (AvgIpc) is 3.20. The Kier molecular flexibility index (Phi) is 6.03. The quantitative estimate of drug-likeness (QED) is 0.778. The SMILES string of the molecule is Cc1cnn(C[C@@H]2CN(C[C@@H](O)COCc3ccco3)CCO2)c1. The van der Waals surface area contributed by atoms with Gasteiger partial charge in [-0.25, -0.2) is 0 Å². The van der Waals surface area contributed by atoms with Crippen molar-refractivity contribution in [3.8, 4) is 0 Å². The molecular formula is C17H25N3O4. The van der Waals surface area contributed by atoms with Gasteiger partial charge in [-0.3, -0.25) is 9.58 Å². The predicted octanol–water partition coefficient (Wildman–Crippen LogP) is 1.06. The van der Waals surface area contributed by atoms with Gasteiger partial charge >= 0.3 is 0 Å². The van der Waals surface area contributed by atoms with Crippen molar-refractivity contribution in [2.45, 2.75) is 32.3 Å². The van der Waals surface area contributed by atoms with Crippen molar-refractivity contribution in [3.63, 3.8) is 0 Å². The van der Waals surface area contributed by atoms with E-state index in [1.165, 1.54) is 0 Å². The van der Waals surface area contributed by atoms with Crippen molar-refractivity contribution >= 4 is 0 Å². The Bertz CT molecular complexity index is 599. The molecule has 132 valence electrons. The molecule has 24 heavy (non-hydrogen) atoms. The first-order valence-corrected chi connectivity index (χ1v) is 8.30. The topological polar surface area (TPSA) is 72.9 Å². The van der Waals surface area contributed by atoms with Gasteiger partial charge in [-0.1, -0.05) is 0 Å². The van der Waals surface area contributed by atoms with Crippen LogP contribution in [0.15, 0.2) is 35.2 Å². The van der Waals surface area contributed by atoms with Crippen LogP contribution in [0.2, 0.25) is 0 Å². The maximum atomic E-state index is 10.2. The van der Waals surface area contributed by atoms with Crippen LogP contribution in [0.25, 0.3) is 0 Å². The first kappa shape index (κ1) is 17.2. The lowest BCUT2D eigenvalue weighted by Gasteiger charge is -2.33. The fourth-order valence-corrected chi connectivity index (χ4v) is 2.87. The summed E-state index contributed by atoms with van der Waals surface area (Å²) < 4.78 is 18.4. The van der Waals surface area contributed by atoms with Gasteiger partial charge in [0.2, 0.25) is 0 Å². The highest BCUT2D eigenvalue weighted by Gasteiger charge is 2.23. The Labute approximate surface area is 141 Å². The maximum Gasteiger partial charge on any atom is 0.129 e. The fourth-order valence-electron chi connectivity index (χ4n) is 2.87. The molecule has 2 atom stereocenters. The maximum absolute atomic E-state index is 10.2. The summed E-state index contributed by atoms with van der Waals surface area (Å²) in [5.41, 5.74) is 1.15. The van der Waals surface area contributed by atoms with Gasteiger partial charge in [-0.05, 0) is 24.6 Å². The van der Waals surface area contributed by atoms with Crippen LogP contribution in [0.4, 0.5) is 0 Å². The molecule has 0 amide bonds. The minimum Gasteiger partial charge on any atom is -0.467 e. The van der Waals surface area contributed by atoms with Crippen molar-refractivity contribution in [3.05, 3.63) is 42.1 Å². The summed E-state index contributed by atoms with van der Waals surface area (Å²) in [6, 6.07) is 3.68. The van der Waals surface area contributed by atoms with Crippen molar-refractivity contribution < 1.29 is 19.0 Å². The number of rotatable bonds is 8. The highest BCUT2D eigenvalue weighted by atomic mass is 16.5. The lowest BCUT2D eigenvalue weighted by atomic mass is 10.2. The molecule has 1 saturated heterocycles. The second kappa shape index (κ2) is 8.43. The molecule has 7 nitrogen and oxygen atoms in total. The molecule has 7 heteroatoms. The van der Waals surface area contributed by atoms with E-state index in [0.717, 1.165) is 31.0 Å². The smallest absolute Gasteiger partial charge is 0.129 e. The molecule has 0 unspecified atom stereocenters. The van der Waals surface area contributed by atoms with Gasteiger partial charge < -0.3 is 19.0 Å². The number of aliphatic hydroxyl groups is 1. The van der Waals surface area contributed by atoms with Crippen LogP contribution in [0.1, 0.15) is 11.3 Å². The van der Waals surface area contributed by atoms with Crippen molar-refractivity contribution in [2.24, 2.45) is 0 Å². The number of hydrogen-bond acceptors (Lipinski definition) is 6. The molecule has 0 saturated carbocycles. The van der Waals surface area contributed by atoms with E-state index in [9.17, 15) is 5.11 Å². The second-order valence-electron chi connectivity index (χ2n) is 6.24. The van der Waals surface area contributed by atoms with Crippen LogP contribution in [-0.4, -0.2) is 64.8 Å². The van der Waals surface area contributed by atoms with E-state index in [-0.39, 0.29) is 6.10 Å². The number of ether oxygens (including phenoxy) is 2. The van der Waals surface area contributed by atoms with Crippen LogP contribution in [0.3, 0.4) is 0 Å². The zero-order valence-electron chi connectivity index (χ0n) is 14.0. The van der Waals surface area contributed by atoms with Crippen molar-refractivity contribution in [2.75, 3.05) is 32.8 Å². The summed E-state index contributed by atoms with van der Waals surface area (Å²) in [7, 11) is 0. The summed E-state index contributed by atoms with van der Waals surface area (Å²) in [5, 5.41) is 14.5.